The molecule has 0 bridgehead atoms. The normalized spacial score (nSPS) is 12.2. The zero-order valence-electron chi connectivity index (χ0n) is 37.7. The number of carbonyl (C=O) groups excluding carboxylic acids is 3. The molecule has 326 valence electrons. The summed E-state index contributed by atoms with van der Waals surface area (Å²) in [5.74, 6) is 1.55. The summed E-state index contributed by atoms with van der Waals surface area (Å²) >= 11 is 0. The van der Waals surface area contributed by atoms with Crippen LogP contribution in [0.3, 0.4) is 0 Å². The van der Waals surface area contributed by atoms with Gasteiger partial charge < -0.3 is 14.2 Å². The maximum Gasteiger partial charge on any atom is 0.306 e. The van der Waals surface area contributed by atoms with Gasteiger partial charge in [0.15, 0.2) is 6.10 Å². The van der Waals surface area contributed by atoms with Gasteiger partial charge in [-0.1, -0.05) is 221 Å². The van der Waals surface area contributed by atoms with E-state index in [9.17, 15) is 14.4 Å². The van der Waals surface area contributed by atoms with E-state index < -0.39 is 6.10 Å². The molecule has 1 atom stereocenters. The van der Waals surface area contributed by atoms with Gasteiger partial charge in [0, 0.05) is 19.3 Å². The Morgan fingerprint density at radius 1 is 0.309 bits per heavy atom. The molecule has 0 unspecified atom stereocenters. The lowest BCUT2D eigenvalue weighted by atomic mass is 10.0. The van der Waals surface area contributed by atoms with Crippen molar-refractivity contribution in [2.75, 3.05) is 13.2 Å². The standard InChI is InChI=1S/C49H94O6/c1-43(2)35-29-23-17-12-10-8-7-9-11-13-20-26-32-38-47(50)53-41-46(55-49(52)40-34-28-22-16-19-25-31-37-45(5)6)42-54-48(51)39-33-27-21-15-14-18-24-30-36-44(3)4/h43-46H,7-42H2,1-6H3/t46-/m0/s1. The molecule has 0 spiro atoms. The lowest BCUT2D eigenvalue weighted by Crippen LogP contribution is -2.30. The fraction of sp³-hybridized carbons (Fsp3) is 0.939. The quantitative estimate of drug-likeness (QED) is 0.0349. The minimum atomic E-state index is -0.762. The summed E-state index contributed by atoms with van der Waals surface area (Å²) in [5, 5.41) is 0. The first-order valence-corrected chi connectivity index (χ1v) is 24.1. The van der Waals surface area contributed by atoms with Gasteiger partial charge in [-0.3, -0.25) is 14.4 Å². The van der Waals surface area contributed by atoms with Gasteiger partial charge in [0.05, 0.1) is 0 Å². The van der Waals surface area contributed by atoms with E-state index in [-0.39, 0.29) is 31.1 Å². The van der Waals surface area contributed by atoms with Crippen LogP contribution in [-0.2, 0) is 28.6 Å². The molecule has 0 saturated carbocycles. The van der Waals surface area contributed by atoms with E-state index in [0.717, 1.165) is 75.5 Å². The predicted molar refractivity (Wildman–Crippen MR) is 233 cm³/mol. The zero-order valence-corrected chi connectivity index (χ0v) is 37.7. The fourth-order valence-electron chi connectivity index (χ4n) is 7.23. The van der Waals surface area contributed by atoms with Gasteiger partial charge in [-0.15, -0.1) is 0 Å². The van der Waals surface area contributed by atoms with Gasteiger partial charge in [0.2, 0.25) is 0 Å². The van der Waals surface area contributed by atoms with Gasteiger partial charge in [0.1, 0.15) is 13.2 Å². The smallest absolute Gasteiger partial charge is 0.306 e. The van der Waals surface area contributed by atoms with Gasteiger partial charge in [-0.05, 0) is 37.0 Å². The minimum Gasteiger partial charge on any atom is -0.462 e. The molecule has 0 aromatic rings. The summed E-state index contributed by atoms with van der Waals surface area (Å²) in [6.07, 6.45) is 38.2. The average molecular weight is 779 g/mol. The molecule has 0 radical (unpaired) electrons. The molecule has 0 aromatic carbocycles. The first-order chi connectivity index (χ1) is 26.6. The predicted octanol–water partition coefficient (Wildman–Crippen LogP) is 15.2. The molecule has 0 fully saturated rings. The van der Waals surface area contributed by atoms with Crippen LogP contribution < -0.4 is 0 Å². The molecular formula is C49H94O6. The highest BCUT2D eigenvalue weighted by atomic mass is 16.6. The highest BCUT2D eigenvalue weighted by Gasteiger charge is 2.19. The van der Waals surface area contributed by atoms with Gasteiger partial charge in [0.25, 0.3) is 0 Å². The molecule has 55 heavy (non-hydrogen) atoms. The Morgan fingerprint density at radius 3 is 0.782 bits per heavy atom. The number of carbonyl (C=O) groups is 3. The second kappa shape index (κ2) is 40.6. The van der Waals surface area contributed by atoms with E-state index in [1.807, 2.05) is 0 Å². The van der Waals surface area contributed by atoms with E-state index in [0.29, 0.717) is 19.3 Å². The molecular weight excluding hydrogens is 685 g/mol. The van der Waals surface area contributed by atoms with Gasteiger partial charge in [-0.2, -0.15) is 0 Å². The Bertz CT molecular complexity index is 852. The van der Waals surface area contributed by atoms with Gasteiger partial charge >= 0.3 is 17.9 Å². The third kappa shape index (κ3) is 43.4. The topological polar surface area (TPSA) is 78.9 Å². The molecule has 6 heteroatoms. The molecule has 0 N–H and O–H groups in total. The minimum absolute atomic E-state index is 0.0661. The maximum atomic E-state index is 12.7. The molecule has 6 nitrogen and oxygen atoms in total. The number of ether oxygens (including phenoxy) is 3. The largest absolute Gasteiger partial charge is 0.462 e. The van der Waals surface area contributed by atoms with Crippen molar-refractivity contribution in [2.45, 2.75) is 266 Å². The summed E-state index contributed by atoms with van der Waals surface area (Å²) in [7, 11) is 0. The Balaban J connectivity index is 4.28. The number of hydrogen-bond donors (Lipinski definition) is 0. The molecule has 0 heterocycles. The van der Waals surface area contributed by atoms with Crippen molar-refractivity contribution in [1.29, 1.82) is 0 Å². The Labute approximate surface area is 342 Å². The summed E-state index contributed by atoms with van der Waals surface area (Å²) in [6, 6.07) is 0. The van der Waals surface area contributed by atoms with Crippen LogP contribution in [0.4, 0.5) is 0 Å². The Hall–Kier alpha value is -1.59. The molecule has 0 saturated heterocycles. The molecule has 0 rings (SSSR count). The van der Waals surface area contributed by atoms with Crippen molar-refractivity contribution in [2.24, 2.45) is 17.8 Å². The molecule has 0 aromatic heterocycles. The third-order valence-electron chi connectivity index (χ3n) is 10.9. The molecule has 0 aliphatic heterocycles. The summed E-state index contributed by atoms with van der Waals surface area (Å²) < 4.78 is 16.7. The average Bonchev–Trinajstić information content (AvgIpc) is 3.13. The van der Waals surface area contributed by atoms with Crippen LogP contribution in [0, 0.1) is 17.8 Å². The van der Waals surface area contributed by atoms with Crippen molar-refractivity contribution in [3.8, 4) is 0 Å². The number of hydrogen-bond acceptors (Lipinski definition) is 6. The van der Waals surface area contributed by atoms with Crippen LogP contribution in [0.15, 0.2) is 0 Å². The molecule has 0 aliphatic carbocycles. The van der Waals surface area contributed by atoms with E-state index in [2.05, 4.69) is 41.5 Å². The van der Waals surface area contributed by atoms with Crippen LogP contribution in [0.1, 0.15) is 260 Å². The van der Waals surface area contributed by atoms with Crippen LogP contribution in [0.2, 0.25) is 0 Å². The Kier molecular flexibility index (Phi) is 39.4. The highest BCUT2D eigenvalue weighted by Crippen LogP contribution is 2.17. The number of rotatable bonds is 42. The van der Waals surface area contributed by atoms with Crippen molar-refractivity contribution < 1.29 is 28.6 Å². The van der Waals surface area contributed by atoms with Crippen LogP contribution in [0.5, 0.6) is 0 Å². The van der Waals surface area contributed by atoms with E-state index in [1.165, 1.54) is 141 Å². The van der Waals surface area contributed by atoms with Crippen molar-refractivity contribution in [3.63, 3.8) is 0 Å². The fourth-order valence-corrected chi connectivity index (χ4v) is 7.23. The number of unbranched alkanes of at least 4 members (excludes halogenated alkanes) is 25. The lowest BCUT2D eigenvalue weighted by Gasteiger charge is -2.18. The number of esters is 3. The van der Waals surface area contributed by atoms with Crippen LogP contribution in [-0.4, -0.2) is 37.2 Å². The van der Waals surface area contributed by atoms with Crippen molar-refractivity contribution in [1.82, 2.24) is 0 Å². The second-order valence-electron chi connectivity index (χ2n) is 18.2. The summed E-state index contributed by atoms with van der Waals surface area (Å²) in [6.45, 7) is 13.6. The Morgan fingerprint density at radius 2 is 0.527 bits per heavy atom. The summed E-state index contributed by atoms with van der Waals surface area (Å²) in [5.41, 5.74) is 0. The lowest BCUT2D eigenvalue weighted by molar-refractivity contribution is -0.167. The monoisotopic (exact) mass is 779 g/mol. The van der Waals surface area contributed by atoms with Crippen LogP contribution in [0.25, 0.3) is 0 Å². The van der Waals surface area contributed by atoms with E-state index in [4.69, 9.17) is 14.2 Å². The van der Waals surface area contributed by atoms with Gasteiger partial charge in [-0.25, -0.2) is 0 Å². The van der Waals surface area contributed by atoms with E-state index >= 15 is 0 Å². The van der Waals surface area contributed by atoms with Crippen LogP contribution >= 0.6 is 0 Å². The maximum absolute atomic E-state index is 12.7. The second-order valence-corrected chi connectivity index (χ2v) is 18.2. The third-order valence-corrected chi connectivity index (χ3v) is 10.9. The summed E-state index contributed by atoms with van der Waals surface area (Å²) in [4.78, 5) is 37.8. The first kappa shape index (κ1) is 53.4. The molecule has 0 amide bonds. The SMILES string of the molecule is CC(C)CCCCCCCCCCCCCCCC(=O)OC[C@@H](COC(=O)CCCCCCCCCCC(C)C)OC(=O)CCCCCCCCCC(C)C. The van der Waals surface area contributed by atoms with Crippen molar-refractivity contribution in [3.05, 3.63) is 0 Å². The van der Waals surface area contributed by atoms with Crippen molar-refractivity contribution >= 4 is 17.9 Å². The molecule has 0 aliphatic rings. The van der Waals surface area contributed by atoms with E-state index in [1.54, 1.807) is 0 Å². The zero-order chi connectivity index (χ0) is 40.6. The highest BCUT2D eigenvalue weighted by molar-refractivity contribution is 5.71. The first-order valence-electron chi connectivity index (χ1n) is 24.1.